The van der Waals surface area contributed by atoms with Crippen LogP contribution in [0, 0.1) is 0 Å². The molecule has 7 nitrogen and oxygen atoms in total. The molecule has 0 atom stereocenters. The van der Waals surface area contributed by atoms with E-state index in [1.54, 1.807) is 24.3 Å². The zero-order chi connectivity index (χ0) is 20.6. The maximum atomic E-state index is 12.7. The van der Waals surface area contributed by atoms with Crippen molar-refractivity contribution in [3.05, 3.63) is 71.3 Å². The van der Waals surface area contributed by atoms with Crippen LogP contribution in [0.2, 0.25) is 0 Å². The summed E-state index contributed by atoms with van der Waals surface area (Å²) in [4.78, 5) is 27.7. The molecule has 3 rings (SSSR count). The van der Waals surface area contributed by atoms with E-state index in [0.717, 1.165) is 36.4 Å². The second-order valence-corrected chi connectivity index (χ2v) is 6.24. The normalized spacial score (nSPS) is 13.3. The van der Waals surface area contributed by atoms with Gasteiger partial charge in [0.2, 0.25) is 0 Å². The van der Waals surface area contributed by atoms with Crippen LogP contribution in [0.15, 0.2) is 59.6 Å². The zero-order valence-corrected chi connectivity index (χ0v) is 15.9. The average Bonchev–Trinajstić information content (AvgIpc) is 3.23. The summed E-state index contributed by atoms with van der Waals surface area (Å²) in [5.41, 5.74) is 2.67. The lowest BCUT2D eigenvalue weighted by molar-refractivity contribution is -0.131. The van der Waals surface area contributed by atoms with Crippen molar-refractivity contribution in [3.63, 3.8) is 0 Å². The number of ketones is 1. The van der Waals surface area contributed by atoms with E-state index in [9.17, 15) is 9.59 Å². The molecule has 3 N–H and O–H groups in total. The molecule has 0 fully saturated rings. The first kappa shape index (κ1) is 19.9. The van der Waals surface area contributed by atoms with Gasteiger partial charge in [-0.25, -0.2) is 4.79 Å². The highest BCUT2D eigenvalue weighted by Crippen LogP contribution is 2.22. The average molecular weight is 391 g/mol. The van der Waals surface area contributed by atoms with Crippen LogP contribution in [-0.4, -0.2) is 43.0 Å². The minimum Gasteiger partial charge on any atom is -0.496 e. The number of carboxylic acids is 1. The van der Waals surface area contributed by atoms with E-state index >= 15 is 0 Å². The van der Waals surface area contributed by atoms with E-state index in [1.165, 1.54) is 19.3 Å². The van der Waals surface area contributed by atoms with Crippen LogP contribution < -0.4 is 15.4 Å². The van der Waals surface area contributed by atoms with Gasteiger partial charge in [-0.05, 0) is 47.5 Å². The Bertz CT molecular complexity index is 1010. The Morgan fingerprint density at radius 1 is 1.14 bits per heavy atom. The molecular formula is C22H21N3O4. The largest absolute Gasteiger partial charge is 0.496 e. The molecule has 148 valence electrons. The third-order valence-electron chi connectivity index (χ3n) is 4.16. The summed E-state index contributed by atoms with van der Waals surface area (Å²) in [6.45, 7) is 1.57. The third kappa shape index (κ3) is 5.55. The Morgan fingerprint density at radius 2 is 1.93 bits per heavy atom. The number of aliphatic imine (C=N–C) groups is 1. The van der Waals surface area contributed by atoms with Crippen LogP contribution in [0.1, 0.15) is 21.5 Å². The van der Waals surface area contributed by atoms with Crippen LogP contribution >= 0.6 is 0 Å². The fourth-order valence-corrected chi connectivity index (χ4v) is 2.79. The Kier molecular flexibility index (Phi) is 6.42. The van der Waals surface area contributed by atoms with E-state index in [4.69, 9.17) is 9.84 Å². The number of hydrogen-bond acceptors (Lipinski definition) is 6. The fourth-order valence-electron chi connectivity index (χ4n) is 2.79. The number of aliphatic carboxylic acids is 1. The first-order valence-electron chi connectivity index (χ1n) is 9.02. The lowest BCUT2D eigenvalue weighted by Gasteiger charge is -2.08. The number of anilines is 1. The second kappa shape index (κ2) is 9.36. The van der Waals surface area contributed by atoms with E-state index < -0.39 is 5.97 Å². The quantitative estimate of drug-likeness (QED) is 0.495. The predicted octanol–water partition coefficient (Wildman–Crippen LogP) is 3.06. The second-order valence-electron chi connectivity index (χ2n) is 6.24. The van der Waals surface area contributed by atoms with Crippen molar-refractivity contribution in [2.45, 2.75) is 0 Å². The van der Waals surface area contributed by atoms with Gasteiger partial charge in [-0.3, -0.25) is 9.79 Å². The van der Waals surface area contributed by atoms with E-state index in [2.05, 4.69) is 15.6 Å². The van der Waals surface area contributed by atoms with E-state index in [0.29, 0.717) is 16.9 Å². The lowest BCUT2D eigenvalue weighted by Crippen LogP contribution is -2.26. The molecule has 0 saturated heterocycles. The molecule has 7 heteroatoms. The predicted molar refractivity (Wildman–Crippen MR) is 113 cm³/mol. The number of nitrogens with zero attached hydrogens (tertiary/aromatic N) is 1. The number of hydrogen-bond donors (Lipinski definition) is 3. The summed E-state index contributed by atoms with van der Waals surface area (Å²) in [6.07, 6.45) is 5.63. The number of ether oxygens (including phenoxy) is 1. The molecule has 1 aliphatic rings. The van der Waals surface area contributed by atoms with Crippen molar-refractivity contribution in [1.29, 1.82) is 0 Å². The number of allylic oxidation sites excluding steroid dienone is 1. The molecule has 2 aromatic carbocycles. The summed E-state index contributed by atoms with van der Waals surface area (Å²) < 4.78 is 5.27. The lowest BCUT2D eigenvalue weighted by atomic mass is 10.0. The minimum atomic E-state index is -1.05. The first-order valence-corrected chi connectivity index (χ1v) is 9.02. The van der Waals surface area contributed by atoms with Crippen molar-refractivity contribution in [1.82, 2.24) is 5.32 Å². The molecule has 1 heterocycles. The van der Waals surface area contributed by atoms with Gasteiger partial charge >= 0.3 is 5.97 Å². The van der Waals surface area contributed by atoms with Crippen LogP contribution in [-0.2, 0) is 4.79 Å². The molecule has 1 aliphatic heterocycles. The van der Waals surface area contributed by atoms with Crippen LogP contribution in [0.4, 0.5) is 5.69 Å². The Labute approximate surface area is 168 Å². The third-order valence-corrected chi connectivity index (χ3v) is 4.16. The highest BCUT2D eigenvalue weighted by molar-refractivity contribution is 6.09. The molecule has 29 heavy (non-hydrogen) atoms. The molecule has 2 aromatic rings. The SMILES string of the molecule is COc1ccc(/C=C/C(=O)O)cc1C(=O)/C=C/c1cccc(NC2=NCCN2)c1. The maximum absolute atomic E-state index is 12.7. The summed E-state index contributed by atoms with van der Waals surface area (Å²) in [6, 6.07) is 12.5. The molecule has 0 spiro atoms. The minimum absolute atomic E-state index is 0.243. The van der Waals surface area contributed by atoms with Gasteiger partial charge in [0.05, 0.1) is 19.2 Å². The number of nitrogens with one attached hydrogen (secondary N) is 2. The summed E-state index contributed by atoms with van der Waals surface area (Å²) in [5.74, 6) is -0.139. The first-order chi connectivity index (χ1) is 14.0. The van der Waals surface area contributed by atoms with Crippen molar-refractivity contribution in [2.75, 3.05) is 25.5 Å². The molecule has 0 unspecified atom stereocenters. The van der Waals surface area contributed by atoms with Crippen molar-refractivity contribution in [3.8, 4) is 5.75 Å². The van der Waals surface area contributed by atoms with Gasteiger partial charge in [-0.15, -0.1) is 0 Å². The monoisotopic (exact) mass is 391 g/mol. The summed E-state index contributed by atoms with van der Waals surface area (Å²) >= 11 is 0. The van der Waals surface area contributed by atoms with Gasteiger partial charge in [-0.2, -0.15) is 0 Å². The number of carbonyl (C=O) groups excluding carboxylic acids is 1. The smallest absolute Gasteiger partial charge is 0.328 e. The van der Waals surface area contributed by atoms with Gasteiger partial charge < -0.3 is 20.5 Å². The number of carbonyl (C=O) groups is 2. The summed E-state index contributed by atoms with van der Waals surface area (Å²) in [7, 11) is 1.48. The Morgan fingerprint density at radius 3 is 2.66 bits per heavy atom. The number of carboxylic acid groups (broad SMARTS) is 1. The summed E-state index contributed by atoms with van der Waals surface area (Å²) in [5, 5.41) is 15.1. The number of guanidine groups is 1. The van der Waals surface area contributed by atoms with Crippen molar-refractivity contribution in [2.24, 2.45) is 4.99 Å². The van der Waals surface area contributed by atoms with Crippen LogP contribution in [0.3, 0.4) is 0 Å². The van der Waals surface area contributed by atoms with E-state index in [1.807, 2.05) is 24.3 Å². The van der Waals surface area contributed by atoms with E-state index in [-0.39, 0.29) is 5.78 Å². The molecule has 0 saturated carbocycles. The van der Waals surface area contributed by atoms with Crippen LogP contribution in [0.25, 0.3) is 12.2 Å². The molecular weight excluding hydrogens is 370 g/mol. The van der Waals surface area contributed by atoms with Gasteiger partial charge in [0.25, 0.3) is 0 Å². The number of rotatable bonds is 7. The molecule has 0 aliphatic carbocycles. The number of methoxy groups -OCH3 is 1. The molecule has 0 radical (unpaired) electrons. The fraction of sp³-hybridized carbons (Fsp3) is 0.136. The van der Waals surface area contributed by atoms with Crippen LogP contribution in [0.5, 0.6) is 5.75 Å². The molecule has 0 amide bonds. The van der Waals surface area contributed by atoms with Crippen molar-refractivity contribution < 1.29 is 19.4 Å². The van der Waals surface area contributed by atoms with Gasteiger partial charge in [-0.1, -0.05) is 24.3 Å². The van der Waals surface area contributed by atoms with Crippen molar-refractivity contribution >= 4 is 35.6 Å². The maximum Gasteiger partial charge on any atom is 0.328 e. The highest BCUT2D eigenvalue weighted by atomic mass is 16.5. The highest BCUT2D eigenvalue weighted by Gasteiger charge is 2.10. The Hall–Kier alpha value is -3.87. The topological polar surface area (TPSA) is 100 Å². The standard InChI is InChI=1S/C22H21N3O4/c1-29-20-9-6-16(7-10-21(27)28)14-18(20)19(26)8-5-15-3-2-4-17(13-15)25-22-23-11-12-24-22/h2-10,13-14H,11-12H2,1H3,(H,27,28)(H2,23,24,25)/b8-5+,10-7+. The van der Waals surface area contributed by atoms with Gasteiger partial charge in [0.15, 0.2) is 11.7 Å². The van der Waals surface area contributed by atoms with Gasteiger partial charge in [0, 0.05) is 18.3 Å². The Balaban J connectivity index is 1.77. The van der Waals surface area contributed by atoms with Gasteiger partial charge in [0.1, 0.15) is 5.75 Å². The molecule has 0 bridgehead atoms. The number of benzene rings is 2. The zero-order valence-electron chi connectivity index (χ0n) is 15.9. The molecule has 0 aromatic heterocycles.